The molecule has 1 unspecified atom stereocenters. The fraction of sp³-hybridized carbons (Fsp3) is 0.708. The predicted octanol–water partition coefficient (Wildman–Crippen LogP) is 3.19. The van der Waals surface area contributed by atoms with Gasteiger partial charge in [-0.1, -0.05) is 30.3 Å². The van der Waals surface area contributed by atoms with Crippen LogP contribution in [0.25, 0.3) is 0 Å². The highest BCUT2D eigenvalue weighted by atomic mass is 16.5. The molecule has 0 amide bonds. The average Bonchev–Trinajstić information content (AvgIpc) is 3.24. The Bertz CT molecular complexity index is 636. The molecule has 1 aromatic rings. The van der Waals surface area contributed by atoms with Gasteiger partial charge >= 0.3 is 0 Å². The Kier molecular flexibility index (Phi) is 7.44. The number of likely N-dealkylation sites (tertiary alicyclic amines) is 1. The van der Waals surface area contributed by atoms with Crippen molar-refractivity contribution < 1.29 is 4.74 Å². The Labute approximate surface area is 176 Å². The topological polar surface area (TPSA) is 40.1 Å². The summed E-state index contributed by atoms with van der Waals surface area (Å²) in [5.74, 6) is 3.40. The molecule has 1 saturated carbocycles. The minimum Gasteiger partial charge on any atom is -0.379 e. The second-order valence-electron chi connectivity index (χ2n) is 9.07. The standard InChI is InChI=1S/C24H38N4O/c1-25-24(28-12-11-21(19-28)18-27-13-15-29-16-14-27)26-17-20-7-9-23(10-8-20)22-5-3-2-4-6-22/h2-6,20-21,23H,7-19H2,1H3,(H,25,26). The third kappa shape index (κ3) is 5.73. The number of morpholine rings is 1. The Hall–Kier alpha value is -1.59. The van der Waals surface area contributed by atoms with E-state index in [4.69, 9.17) is 4.74 Å². The van der Waals surface area contributed by atoms with Crippen LogP contribution in [0.15, 0.2) is 35.3 Å². The first-order chi connectivity index (χ1) is 14.3. The summed E-state index contributed by atoms with van der Waals surface area (Å²) in [6, 6.07) is 11.1. The van der Waals surface area contributed by atoms with Crippen LogP contribution in [0.4, 0.5) is 0 Å². The van der Waals surface area contributed by atoms with Crippen molar-refractivity contribution >= 4 is 5.96 Å². The molecule has 0 bridgehead atoms. The van der Waals surface area contributed by atoms with Gasteiger partial charge in [-0.3, -0.25) is 9.89 Å². The SMILES string of the molecule is CN=C(NCC1CCC(c2ccccc2)CC1)N1CCC(CN2CCOCC2)C1. The molecule has 5 nitrogen and oxygen atoms in total. The van der Waals surface area contributed by atoms with Crippen molar-refractivity contribution in [1.82, 2.24) is 15.1 Å². The molecule has 0 spiro atoms. The zero-order valence-electron chi connectivity index (χ0n) is 18.1. The molecule has 1 aliphatic carbocycles. The van der Waals surface area contributed by atoms with E-state index in [1.54, 1.807) is 0 Å². The maximum absolute atomic E-state index is 5.48. The van der Waals surface area contributed by atoms with Crippen molar-refractivity contribution in [2.75, 3.05) is 59.5 Å². The Morgan fingerprint density at radius 3 is 2.48 bits per heavy atom. The first kappa shape index (κ1) is 20.7. The molecule has 2 heterocycles. The number of nitrogens with one attached hydrogen (secondary N) is 1. The number of aliphatic imine (C=N–C) groups is 1. The lowest BCUT2D eigenvalue weighted by Gasteiger charge is -2.31. The molecule has 1 N–H and O–H groups in total. The van der Waals surface area contributed by atoms with Crippen LogP contribution >= 0.6 is 0 Å². The highest BCUT2D eigenvalue weighted by Gasteiger charge is 2.28. The molecule has 2 saturated heterocycles. The maximum Gasteiger partial charge on any atom is 0.193 e. The van der Waals surface area contributed by atoms with E-state index in [0.29, 0.717) is 0 Å². The van der Waals surface area contributed by atoms with Crippen LogP contribution in [-0.4, -0.2) is 75.3 Å². The van der Waals surface area contributed by atoms with Crippen LogP contribution in [0.5, 0.6) is 0 Å². The number of ether oxygens (including phenoxy) is 1. The quantitative estimate of drug-likeness (QED) is 0.611. The first-order valence-corrected chi connectivity index (χ1v) is 11.6. The molecule has 1 aromatic carbocycles. The fourth-order valence-corrected chi connectivity index (χ4v) is 5.32. The average molecular weight is 399 g/mol. The molecule has 3 fully saturated rings. The van der Waals surface area contributed by atoms with E-state index in [2.05, 4.69) is 50.4 Å². The number of hydrogen-bond donors (Lipinski definition) is 1. The zero-order chi connectivity index (χ0) is 19.9. The molecule has 29 heavy (non-hydrogen) atoms. The molecule has 5 heteroatoms. The van der Waals surface area contributed by atoms with Gasteiger partial charge in [0.1, 0.15) is 0 Å². The highest BCUT2D eigenvalue weighted by molar-refractivity contribution is 5.80. The summed E-state index contributed by atoms with van der Waals surface area (Å²) in [4.78, 5) is 9.64. The number of nitrogens with zero attached hydrogens (tertiary/aromatic N) is 3. The van der Waals surface area contributed by atoms with E-state index >= 15 is 0 Å². The predicted molar refractivity (Wildman–Crippen MR) is 119 cm³/mol. The summed E-state index contributed by atoms with van der Waals surface area (Å²) in [6.07, 6.45) is 6.56. The molecule has 2 aliphatic heterocycles. The minimum atomic E-state index is 0.756. The largest absolute Gasteiger partial charge is 0.379 e. The molecule has 4 rings (SSSR count). The van der Waals surface area contributed by atoms with E-state index in [1.807, 2.05) is 7.05 Å². The van der Waals surface area contributed by atoms with Crippen molar-refractivity contribution in [3.8, 4) is 0 Å². The monoisotopic (exact) mass is 398 g/mol. The lowest BCUT2D eigenvalue weighted by atomic mass is 9.79. The van der Waals surface area contributed by atoms with Gasteiger partial charge < -0.3 is 15.0 Å². The summed E-state index contributed by atoms with van der Waals surface area (Å²) in [5.41, 5.74) is 1.53. The van der Waals surface area contributed by atoms with Crippen molar-refractivity contribution in [1.29, 1.82) is 0 Å². The second-order valence-corrected chi connectivity index (χ2v) is 9.07. The van der Waals surface area contributed by atoms with E-state index < -0.39 is 0 Å². The van der Waals surface area contributed by atoms with Gasteiger partial charge in [-0.15, -0.1) is 0 Å². The van der Waals surface area contributed by atoms with Gasteiger partial charge in [0, 0.05) is 46.3 Å². The first-order valence-electron chi connectivity index (χ1n) is 11.6. The Balaban J connectivity index is 1.18. The van der Waals surface area contributed by atoms with Crippen LogP contribution in [-0.2, 0) is 4.74 Å². The lowest BCUT2D eigenvalue weighted by molar-refractivity contribution is 0.0315. The summed E-state index contributed by atoms with van der Waals surface area (Å²) in [5, 5.41) is 3.70. The second kappa shape index (κ2) is 10.4. The molecule has 1 atom stereocenters. The summed E-state index contributed by atoms with van der Waals surface area (Å²) < 4.78 is 5.48. The van der Waals surface area contributed by atoms with Crippen LogP contribution in [0.1, 0.15) is 43.6 Å². The van der Waals surface area contributed by atoms with Gasteiger partial charge in [0.2, 0.25) is 0 Å². The van der Waals surface area contributed by atoms with Crippen molar-refractivity contribution in [2.45, 2.75) is 38.0 Å². The van der Waals surface area contributed by atoms with Crippen molar-refractivity contribution in [2.24, 2.45) is 16.8 Å². The highest BCUT2D eigenvalue weighted by Crippen LogP contribution is 2.35. The normalized spacial score (nSPS) is 29.2. The zero-order valence-corrected chi connectivity index (χ0v) is 18.1. The fourth-order valence-electron chi connectivity index (χ4n) is 5.32. The molecule has 0 radical (unpaired) electrons. The molecule has 0 aromatic heterocycles. The van der Waals surface area contributed by atoms with Gasteiger partial charge in [-0.05, 0) is 55.4 Å². The van der Waals surface area contributed by atoms with Crippen LogP contribution in [0, 0.1) is 11.8 Å². The Morgan fingerprint density at radius 1 is 1.00 bits per heavy atom. The van der Waals surface area contributed by atoms with Gasteiger partial charge in [-0.2, -0.15) is 0 Å². The van der Waals surface area contributed by atoms with Crippen molar-refractivity contribution in [3.05, 3.63) is 35.9 Å². The number of guanidine groups is 1. The van der Waals surface area contributed by atoms with Gasteiger partial charge in [0.05, 0.1) is 13.2 Å². The molecular weight excluding hydrogens is 360 g/mol. The van der Waals surface area contributed by atoms with Gasteiger partial charge in [0.25, 0.3) is 0 Å². The van der Waals surface area contributed by atoms with Crippen LogP contribution < -0.4 is 5.32 Å². The minimum absolute atomic E-state index is 0.756. The number of hydrogen-bond acceptors (Lipinski definition) is 3. The van der Waals surface area contributed by atoms with E-state index in [9.17, 15) is 0 Å². The van der Waals surface area contributed by atoms with Gasteiger partial charge in [0.15, 0.2) is 5.96 Å². The molecule has 3 aliphatic rings. The lowest BCUT2D eigenvalue weighted by Crippen LogP contribution is -2.43. The summed E-state index contributed by atoms with van der Waals surface area (Å²) in [7, 11) is 1.93. The Morgan fingerprint density at radius 2 is 1.76 bits per heavy atom. The molecular formula is C24H38N4O. The number of benzene rings is 1. The smallest absolute Gasteiger partial charge is 0.193 e. The van der Waals surface area contributed by atoms with E-state index in [1.165, 1.54) is 44.2 Å². The summed E-state index contributed by atoms with van der Waals surface area (Å²) >= 11 is 0. The van der Waals surface area contributed by atoms with Crippen LogP contribution in [0.3, 0.4) is 0 Å². The van der Waals surface area contributed by atoms with Gasteiger partial charge in [-0.25, -0.2) is 0 Å². The third-order valence-electron chi connectivity index (χ3n) is 7.08. The van der Waals surface area contributed by atoms with E-state index in [0.717, 1.165) is 69.7 Å². The van der Waals surface area contributed by atoms with E-state index in [-0.39, 0.29) is 0 Å². The molecule has 160 valence electrons. The number of rotatable bonds is 5. The van der Waals surface area contributed by atoms with Crippen molar-refractivity contribution in [3.63, 3.8) is 0 Å². The van der Waals surface area contributed by atoms with Crippen LogP contribution in [0.2, 0.25) is 0 Å². The maximum atomic E-state index is 5.48. The summed E-state index contributed by atoms with van der Waals surface area (Å²) in [6.45, 7) is 8.52. The third-order valence-corrected chi connectivity index (χ3v) is 7.08.